The number of morpholine rings is 1. The number of benzene rings is 1. The Labute approximate surface area is 174 Å². The minimum Gasteiger partial charge on any atom is -0.455 e. The molecule has 0 radical (unpaired) electrons. The molecule has 2 heterocycles. The molecule has 2 aromatic rings. The molecular formula is C24H34N2O3. The summed E-state index contributed by atoms with van der Waals surface area (Å²) in [5.41, 5.74) is 2.50. The third-order valence-corrected chi connectivity index (χ3v) is 5.37. The maximum atomic E-state index is 12.9. The van der Waals surface area contributed by atoms with E-state index in [1.54, 1.807) is 6.07 Å². The maximum absolute atomic E-state index is 12.9. The highest BCUT2D eigenvalue weighted by atomic mass is 16.5. The quantitative estimate of drug-likeness (QED) is 0.736. The van der Waals surface area contributed by atoms with Gasteiger partial charge in [0.15, 0.2) is 5.76 Å². The Hall–Kier alpha value is -2.11. The first-order chi connectivity index (χ1) is 13.6. The fourth-order valence-corrected chi connectivity index (χ4v) is 3.71. The van der Waals surface area contributed by atoms with E-state index in [9.17, 15) is 4.79 Å². The minimum atomic E-state index is -0.0564. The molecule has 0 spiro atoms. The van der Waals surface area contributed by atoms with Gasteiger partial charge in [0, 0.05) is 25.2 Å². The van der Waals surface area contributed by atoms with E-state index in [2.05, 4.69) is 56.9 Å². The molecule has 0 bridgehead atoms. The number of ether oxygens (including phenoxy) is 1. The van der Waals surface area contributed by atoms with Crippen molar-refractivity contribution in [1.29, 1.82) is 0 Å². The van der Waals surface area contributed by atoms with Crippen LogP contribution in [0, 0.1) is 6.92 Å². The number of carbonyl (C=O) groups is 1. The summed E-state index contributed by atoms with van der Waals surface area (Å²) >= 11 is 0. The first-order valence-corrected chi connectivity index (χ1v) is 10.5. The van der Waals surface area contributed by atoms with E-state index >= 15 is 0 Å². The third kappa shape index (κ3) is 5.71. The van der Waals surface area contributed by atoms with Crippen LogP contribution in [0.4, 0.5) is 0 Å². The average molecular weight is 399 g/mol. The normalized spacial score (nSPS) is 20.3. The molecule has 1 aromatic heterocycles. The van der Waals surface area contributed by atoms with E-state index in [0.717, 1.165) is 12.3 Å². The highest BCUT2D eigenvalue weighted by Crippen LogP contribution is 2.23. The van der Waals surface area contributed by atoms with Crippen molar-refractivity contribution in [2.45, 2.75) is 72.4 Å². The van der Waals surface area contributed by atoms with Crippen molar-refractivity contribution in [2.75, 3.05) is 13.1 Å². The summed E-state index contributed by atoms with van der Waals surface area (Å²) in [4.78, 5) is 17.1. The molecule has 2 unspecified atom stereocenters. The molecule has 5 nitrogen and oxygen atoms in total. The van der Waals surface area contributed by atoms with E-state index in [0.29, 0.717) is 25.4 Å². The van der Waals surface area contributed by atoms with Crippen molar-refractivity contribution in [3.8, 4) is 0 Å². The monoisotopic (exact) mass is 398 g/mol. The molecule has 1 aliphatic heterocycles. The first-order valence-electron chi connectivity index (χ1n) is 10.5. The summed E-state index contributed by atoms with van der Waals surface area (Å²) in [6, 6.07) is 12.4. The van der Waals surface area contributed by atoms with Crippen LogP contribution in [0.5, 0.6) is 0 Å². The zero-order valence-electron chi connectivity index (χ0n) is 18.6. The largest absolute Gasteiger partial charge is 0.455 e. The van der Waals surface area contributed by atoms with Crippen molar-refractivity contribution in [3.05, 3.63) is 59.0 Å². The number of carbonyl (C=O) groups excluding carboxylic acids is 1. The van der Waals surface area contributed by atoms with Crippen molar-refractivity contribution < 1.29 is 13.9 Å². The number of aryl methyl sites for hydroxylation is 1. The van der Waals surface area contributed by atoms with Crippen LogP contribution in [0.3, 0.4) is 0 Å². The summed E-state index contributed by atoms with van der Waals surface area (Å²) in [6.45, 7) is 15.4. The van der Waals surface area contributed by atoms with Crippen LogP contribution >= 0.6 is 0 Å². The van der Waals surface area contributed by atoms with Gasteiger partial charge in [-0.3, -0.25) is 9.69 Å². The second kappa shape index (κ2) is 8.72. The molecule has 5 heteroatoms. The number of hydrogen-bond acceptors (Lipinski definition) is 4. The van der Waals surface area contributed by atoms with Crippen molar-refractivity contribution in [2.24, 2.45) is 0 Å². The zero-order valence-corrected chi connectivity index (χ0v) is 18.6. The number of rotatable bonds is 5. The summed E-state index contributed by atoms with van der Waals surface area (Å²) in [5, 5.41) is 0. The third-order valence-electron chi connectivity index (χ3n) is 5.37. The molecule has 2 atom stereocenters. The summed E-state index contributed by atoms with van der Waals surface area (Å²) < 4.78 is 11.7. The number of hydrogen-bond donors (Lipinski definition) is 0. The molecular weight excluding hydrogens is 364 g/mol. The van der Waals surface area contributed by atoms with E-state index in [1.807, 2.05) is 24.8 Å². The lowest BCUT2D eigenvalue weighted by Crippen LogP contribution is -2.48. The van der Waals surface area contributed by atoms with Crippen LogP contribution in [0.1, 0.15) is 62.1 Å². The van der Waals surface area contributed by atoms with Crippen LogP contribution in [0.25, 0.3) is 0 Å². The standard InChI is InChI=1S/C24H34N2O3/c1-17-7-9-20(10-8-17)15-26(24(4,5)6)16-21-11-12-22(29-21)23(27)25-13-18(2)28-19(3)14-25/h7-12,18-19H,13-16H2,1-6H3. The molecule has 158 valence electrons. The van der Waals surface area contributed by atoms with Gasteiger partial charge in [-0.15, -0.1) is 0 Å². The highest BCUT2D eigenvalue weighted by molar-refractivity contribution is 5.91. The van der Waals surface area contributed by atoms with E-state index in [1.165, 1.54) is 11.1 Å². The van der Waals surface area contributed by atoms with Gasteiger partial charge in [-0.1, -0.05) is 29.8 Å². The Kier molecular flexibility index (Phi) is 6.49. The topological polar surface area (TPSA) is 45.9 Å². The SMILES string of the molecule is Cc1ccc(CN(Cc2ccc(C(=O)N3CC(C)OC(C)C3)o2)C(C)(C)C)cc1. The van der Waals surface area contributed by atoms with Gasteiger partial charge in [0.2, 0.25) is 0 Å². The Bertz CT molecular complexity index is 809. The van der Waals surface area contributed by atoms with Gasteiger partial charge in [-0.2, -0.15) is 0 Å². The lowest BCUT2D eigenvalue weighted by Gasteiger charge is -2.35. The van der Waals surface area contributed by atoms with Gasteiger partial charge >= 0.3 is 0 Å². The second-order valence-electron chi connectivity index (χ2n) is 9.25. The van der Waals surface area contributed by atoms with Gasteiger partial charge in [-0.05, 0) is 59.2 Å². The molecule has 3 rings (SSSR count). The van der Waals surface area contributed by atoms with Crippen LogP contribution in [-0.2, 0) is 17.8 Å². The highest BCUT2D eigenvalue weighted by Gasteiger charge is 2.29. The lowest BCUT2D eigenvalue weighted by atomic mass is 10.0. The fourth-order valence-electron chi connectivity index (χ4n) is 3.71. The van der Waals surface area contributed by atoms with Crippen LogP contribution in [0.15, 0.2) is 40.8 Å². The minimum absolute atomic E-state index is 0.0308. The van der Waals surface area contributed by atoms with Crippen LogP contribution in [0.2, 0.25) is 0 Å². The van der Waals surface area contributed by atoms with E-state index < -0.39 is 0 Å². The summed E-state index contributed by atoms with van der Waals surface area (Å²) in [5.74, 6) is 1.16. The molecule has 1 saturated heterocycles. The molecule has 1 aliphatic rings. The number of nitrogens with zero attached hydrogens (tertiary/aromatic N) is 2. The molecule has 29 heavy (non-hydrogen) atoms. The van der Waals surface area contributed by atoms with Gasteiger partial charge in [0.05, 0.1) is 18.8 Å². The van der Waals surface area contributed by atoms with Crippen molar-refractivity contribution in [3.63, 3.8) is 0 Å². The molecule has 0 aliphatic carbocycles. The zero-order chi connectivity index (χ0) is 21.2. The number of amides is 1. The predicted molar refractivity (Wildman–Crippen MR) is 115 cm³/mol. The molecule has 0 N–H and O–H groups in total. The second-order valence-corrected chi connectivity index (χ2v) is 9.25. The molecule has 0 saturated carbocycles. The fraction of sp³-hybridized carbons (Fsp3) is 0.542. The smallest absolute Gasteiger partial charge is 0.289 e. The Morgan fingerprint density at radius 1 is 1.03 bits per heavy atom. The number of furan rings is 1. The van der Waals surface area contributed by atoms with Gasteiger partial charge < -0.3 is 14.1 Å². The van der Waals surface area contributed by atoms with E-state index in [-0.39, 0.29) is 23.7 Å². The van der Waals surface area contributed by atoms with Gasteiger partial charge in [0.1, 0.15) is 5.76 Å². The van der Waals surface area contributed by atoms with Crippen molar-refractivity contribution in [1.82, 2.24) is 9.80 Å². The predicted octanol–water partition coefficient (Wildman–Crippen LogP) is 4.64. The summed E-state index contributed by atoms with van der Waals surface area (Å²) in [6.07, 6.45) is 0.0889. The molecule has 1 aromatic carbocycles. The first kappa shape index (κ1) is 21.6. The maximum Gasteiger partial charge on any atom is 0.289 e. The van der Waals surface area contributed by atoms with E-state index in [4.69, 9.17) is 9.15 Å². The Balaban J connectivity index is 1.70. The molecule has 1 amide bonds. The van der Waals surface area contributed by atoms with Gasteiger partial charge in [-0.25, -0.2) is 0 Å². The summed E-state index contributed by atoms with van der Waals surface area (Å²) in [7, 11) is 0. The van der Waals surface area contributed by atoms with Crippen LogP contribution < -0.4 is 0 Å². The van der Waals surface area contributed by atoms with Crippen LogP contribution in [-0.4, -0.2) is 46.5 Å². The Morgan fingerprint density at radius 2 is 1.66 bits per heavy atom. The van der Waals surface area contributed by atoms with Gasteiger partial charge in [0.25, 0.3) is 5.91 Å². The lowest BCUT2D eigenvalue weighted by molar-refractivity contribution is -0.0592. The van der Waals surface area contributed by atoms with Crippen molar-refractivity contribution >= 4 is 5.91 Å². The molecule has 1 fully saturated rings. The average Bonchev–Trinajstić information content (AvgIpc) is 3.09. The Morgan fingerprint density at radius 3 is 2.24 bits per heavy atom.